The van der Waals surface area contributed by atoms with Crippen LogP contribution in [0.2, 0.25) is 0 Å². The number of nitrogens with two attached hydrogens (primary N) is 1. The first kappa shape index (κ1) is 17.2. The van der Waals surface area contributed by atoms with Crippen LogP contribution in [0.25, 0.3) is 11.3 Å². The summed E-state index contributed by atoms with van der Waals surface area (Å²) in [6.07, 6.45) is 0. The largest absolute Gasteiger partial charge is 0.382 e. The maximum atomic E-state index is 12.6. The lowest BCUT2D eigenvalue weighted by Crippen LogP contribution is -2.14. The van der Waals surface area contributed by atoms with Crippen LogP contribution in [0.4, 0.5) is 5.69 Å². The second-order valence-electron chi connectivity index (χ2n) is 6.35. The molecule has 4 rings (SSSR count). The van der Waals surface area contributed by atoms with Crippen molar-refractivity contribution in [2.24, 2.45) is 10.7 Å². The van der Waals surface area contributed by atoms with E-state index in [9.17, 15) is 8.42 Å². The standard InChI is InChI=1S/C20H18N4O2S/c1-13-11-16(27(25,26)24-15-5-3-2-4-6-15)8-9-17(13)18-10-7-14-12-22-20(21)19(14)23-18/h2-11,24H,12H2,1H3,(H2,21,22). The van der Waals surface area contributed by atoms with Crippen LogP contribution in [0.1, 0.15) is 16.8 Å². The molecule has 0 unspecified atom stereocenters. The molecule has 136 valence electrons. The molecule has 0 saturated carbocycles. The highest BCUT2D eigenvalue weighted by Gasteiger charge is 2.18. The van der Waals surface area contributed by atoms with Crippen LogP contribution in [-0.2, 0) is 16.6 Å². The summed E-state index contributed by atoms with van der Waals surface area (Å²) < 4.78 is 27.9. The number of nitrogens with one attached hydrogen (secondary N) is 1. The van der Waals surface area contributed by atoms with Crippen molar-refractivity contribution >= 4 is 21.5 Å². The molecule has 6 nitrogen and oxygen atoms in total. The molecule has 3 aromatic rings. The molecule has 0 saturated heterocycles. The summed E-state index contributed by atoms with van der Waals surface area (Å²) in [5.74, 6) is 0.441. The summed E-state index contributed by atoms with van der Waals surface area (Å²) in [5, 5.41) is 0. The highest BCUT2D eigenvalue weighted by molar-refractivity contribution is 7.92. The van der Waals surface area contributed by atoms with Crippen molar-refractivity contribution in [3.05, 3.63) is 77.5 Å². The van der Waals surface area contributed by atoms with Gasteiger partial charge in [0, 0.05) is 16.8 Å². The van der Waals surface area contributed by atoms with Gasteiger partial charge >= 0.3 is 0 Å². The van der Waals surface area contributed by atoms with E-state index >= 15 is 0 Å². The molecular formula is C20H18N4O2S. The Morgan fingerprint density at radius 2 is 1.81 bits per heavy atom. The SMILES string of the molecule is Cc1cc(S(=O)(=O)Nc2ccccc2)ccc1-c1ccc2c(n1)C(N)=NC2. The van der Waals surface area contributed by atoms with Crippen molar-refractivity contribution in [1.82, 2.24) is 4.98 Å². The fraction of sp³-hybridized carbons (Fsp3) is 0.100. The average molecular weight is 378 g/mol. The molecule has 27 heavy (non-hydrogen) atoms. The van der Waals surface area contributed by atoms with Crippen molar-refractivity contribution in [3.8, 4) is 11.3 Å². The third-order valence-electron chi connectivity index (χ3n) is 4.45. The van der Waals surface area contributed by atoms with Crippen LogP contribution in [0.15, 0.2) is 70.6 Å². The first-order chi connectivity index (χ1) is 12.9. The van der Waals surface area contributed by atoms with E-state index in [1.807, 2.05) is 25.1 Å². The minimum Gasteiger partial charge on any atom is -0.382 e. The van der Waals surface area contributed by atoms with Gasteiger partial charge in [-0.1, -0.05) is 30.3 Å². The maximum absolute atomic E-state index is 12.6. The quantitative estimate of drug-likeness (QED) is 0.729. The molecule has 0 spiro atoms. The zero-order valence-corrected chi connectivity index (χ0v) is 15.5. The van der Waals surface area contributed by atoms with Gasteiger partial charge in [-0.05, 0) is 42.8 Å². The van der Waals surface area contributed by atoms with Crippen molar-refractivity contribution < 1.29 is 8.42 Å². The molecule has 0 radical (unpaired) electrons. The third kappa shape index (κ3) is 3.29. The van der Waals surface area contributed by atoms with Gasteiger partial charge in [-0.25, -0.2) is 13.4 Å². The van der Waals surface area contributed by atoms with E-state index in [0.717, 1.165) is 22.4 Å². The molecule has 3 N–H and O–H groups in total. The molecule has 0 bridgehead atoms. The van der Waals surface area contributed by atoms with E-state index in [1.54, 1.807) is 42.5 Å². The summed E-state index contributed by atoms with van der Waals surface area (Å²) in [5.41, 5.74) is 10.5. The number of aryl methyl sites for hydroxylation is 1. The fourth-order valence-corrected chi connectivity index (χ4v) is 4.19. The number of aliphatic imine (C=N–C) groups is 1. The van der Waals surface area contributed by atoms with Gasteiger partial charge in [0.1, 0.15) is 11.5 Å². The Morgan fingerprint density at radius 1 is 1.04 bits per heavy atom. The number of para-hydroxylation sites is 1. The lowest BCUT2D eigenvalue weighted by atomic mass is 10.0. The molecule has 0 amide bonds. The molecule has 0 atom stereocenters. The summed E-state index contributed by atoms with van der Waals surface area (Å²) in [6.45, 7) is 2.42. The maximum Gasteiger partial charge on any atom is 0.261 e. The van der Waals surface area contributed by atoms with Crippen LogP contribution in [0, 0.1) is 6.92 Å². The smallest absolute Gasteiger partial charge is 0.261 e. The number of amidine groups is 1. The molecule has 1 aliphatic rings. The summed E-state index contributed by atoms with van der Waals surface area (Å²) in [7, 11) is -3.66. The van der Waals surface area contributed by atoms with Gasteiger partial charge in [-0.15, -0.1) is 0 Å². The van der Waals surface area contributed by atoms with Crippen molar-refractivity contribution in [2.75, 3.05) is 4.72 Å². The lowest BCUT2D eigenvalue weighted by molar-refractivity contribution is 0.601. The van der Waals surface area contributed by atoms with Crippen LogP contribution < -0.4 is 10.5 Å². The summed E-state index contributed by atoms with van der Waals surface area (Å²) >= 11 is 0. The number of anilines is 1. The number of nitrogens with zero attached hydrogens (tertiary/aromatic N) is 2. The molecule has 2 aromatic carbocycles. The summed E-state index contributed by atoms with van der Waals surface area (Å²) in [4.78, 5) is 9.00. The third-order valence-corrected chi connectivity index (χ3v) is 5.83. The monoisotopic (exact) mass is 378 g/mol. The van der Waals surface area contributed by atoms with E-state index in [4.69, 9.17) is 5.73 Å². The van der Waals surface area contributed by atoms with Gasteiger partial charge in [0.2, 0.25) is 0 Å². The zero-order chi connectivity index (χ0) is 19.0. The Bertz CT molecular complexity index is 1160. The second kappa shape index (κ2) is 6.51. The number of hydrogen-bond acceptors (Lipinski definition) is 5. The second-order valence-corrected chi connectivity index (χ2v) is 8.04. The first-order valence-corrected chi connectivity index (χ1v) is 9.91. The molecule has 1 aromatic heterocycles. The first-order valence-electron chi connectivity index (χ1n) is 8.43. The van der Waals surface area contributed by atoms with E-state index in [-0.39, 0.29) is 4.90 Å². The summed E-state index contributed by atoms with van der Waals surface area (Å²) in [6, 6.07) is 17.7. The number of rotatable bonds is 4. The fourth-order valence-electron chi connectivity index (χ4n) is 3.04. The number of fused-ring (bicyclic) bond motifs is 1. The Hall–Kier alpha value is -3.19. The van der Waals surface area contributed by atoms with Gasteiger partial charge in [0.25, 0.3) is 10.0 Å². The van der Waals surface area contributed by atoms with Crippen molar-refractivity contribution in [3.63, 3.8) is 0 Å². The lowest BCUT2D eigenvalue weighted by Gasteiger charge is -2.12. The van der Waals surface area contributed by atoms with Crippen LogP contribution in [0.5, 0.6) is 0 Å². The minimum absolute atomic E-state index is 0.204. The predicted molar refractivity (Wildman–Crippen MR) is 106 cm³/mol. The van der Waals surface area contributed by atoms with Crippen LogP contribution >= 0.6 is 0 Å². The van der Waals surface area contributed by atoms with Gasteiger partial charge < -0.3 is 5.73 Å². The number of pyridine rings is 1. The van der Waals surface area contributed by atoms with Crippen molar-refractivity contribution in [2.45, 2.75) is 18.4 Å². The van der Waals surface area contributed by atoms with E-state index in [1.165, 1.54) is 0 Å². The van der Waals surface area contributed by atoms with Gasteiger partial charge in [0.05, 0.1) is 17.1 Å². The van der Waals surface area contributed by atoms with Gasteiger partial charge in [-0.3, -0.25) is 9.71 Å². The zero-order valence-electron chi connectivity index (χ0n) is 14.7. The molecule has 1 aliphatic heterocycles. The highest BCUT2D eigenvalue weighted by Crippen LogP contribution is 2.27. The van der Waals surface area contributed by atoms with E-state index < -0.39 is 10.0 Å². The Labute approximate surface area is 157 Å². The normalized spacial score (nSPS) is 13.1. The Balaban J connectivity index is 1.67. The minimum atomic E-state index is -3.66. The van der Waals surface area contributed by atoms with Gasteiger partial charge in [-0.2, -0.15) is 0 Å². The topological polar surface area (TPSA) is 97.4 Å². The number of hydrogen-bond donors (Lipinski definition) is 2. The molecule has 0 fully saturated rings. The molecule has 7 heteroatoms. The van der Waals surface area contributed by atoms with Gasteiger partial charge in [0.15, 0.2) is 0 Å². The van der Waals surface area contributed by atoms with Crippen LogP contribution in [-0.4, -0.2) is 19.2 Å². The number of sulfonamides is 1. The highest BCUT2D eigenvalue weighted by atomic mass is 32.2. The predicted octanol–water partition coefficient (Wildman–Crippen LogP) is 3.08. The van der Waals surface area contributed by atoms with Crippen molar-refractivity contribution in [1.29, 1.82) is 0 Å². The van der Waals surface area contributed by atoms with E-state index in [2.05, 4.69) is 14.7 Å². The van der Waals surface area contributed by atoms with E-state index in [0.29, 0.717) is 23.8 Å². The molecule has 2 heterocycles. The number of aromatic nitrogens is 1. The molecule has 0 aliphatic carbocycles. The molecular weight excluding hydrogens is 360 g/mol. The van der Waals surface area contributed by atoms with Crippen LogP contribution in [0.3, 0.4) is 0 Å². The Kier molecular flexibility index (Phi) is 4.16. The average Bonchev–Trinajstić information content (AvgIpc) is 3.02. The number of benzene rings is 2. The Morgan fingerprint density at radius 3 is 2.56 bits per heavy atom.